The van der Waals surface area contributed by atoms with Crippen LogP contribution in [0.15, 0.2) is 39.9 Å². The second kappa shape index (κ2) is 12.2. The summed E-state index contributed by atoms with van der Waals surface area (Å²) in [7, 11) is 0. The second-order valence-corrected chi connectivity index (χ2v) is 7.47. The van der Waals surface area contributed by atoms with Crippen molar-refractivity contribution in [3.05, 3.63) is 41.8 Å². The summed E-state index contributed by atoms with van der Waals surface area (Å²) in [6.45, 7) is 11.3. The average molecular weight is 511 g/mol. The highest BCUT2D eigenvalue weighted by atomic mass is 127. The predicted octanol–water partition coefficient (Wildman–Crippen LogP) is 4.20. The van der Waals surface area contributed by atoms with Gasteiger partial charge in [-0.1, -0.05) is 24.6 Å². The van der Waals surface area contributed by atoms with E-state index < -0.39 is 0 Å². The van der Waals surface area contributed by atoms with Gasteiger partial charge in [-0.05, 0) is 51.8 Å². The number of piperidine rings is 1. The molecule has 160 valence electrons. The highest BCUT2D eigenvalue weighted by molar-refractivity contribution is 14.0. The second-order valence-electron chi connectivity index (χ2n) is 7.47. The van der Waals surface area contributed by atoms with Gasteiger partial charge in [0, 0.05) is 31.2 Å². The molecule has 1 aliphatic heterocycles. The average Bonchev–Trinajstić information content (AvgIpc) is 3.18. The summed E-state index contributed by atoms with van der Waals surface area (Å²) in [5.41, 5.74) is 3.05. The first-order valence-corrected chi connectivity index (χ1v) is 10.5. The molecule has 0 saturated carbocycles. The van der Waals surface area contributed by atoms with E-state index in [1.54, 1.807) is 6.26 Å². The Morgan fingerprint density at radius 3 is 2.59 bits per heavy atom. The molecule has 0 atom stereocenters. The summed E-state index contributed by atoms with van der Waals surface area (Å²) < 4.78 is 5.64. The fourth-order valence-electron chi connectivity index (χ4n) is 3.50. The molecule has 0 amide bonds. The predicted molar refractivity (Wildman–Crippen MR) is 130 cm³/mol. The number of benzene rings is 1. The molecule has 0 bridgehead atoms. The Kier molecular flexibility index (Phi) is 9.93. The van der Waals surface area contributed by atoms with Crippen molar-refractivity contribution in [1.82, 2.24) is 20.5 Å². The number of halogens is 1. The maximum Gasteiger partial charge on any atom is 0.226 e. The van der Waals surface area contributed by atoms with Crippen molar-refractivity contribution in [2.24, 2.45) is 4.99 Å². The van der Waals surface area contributed by atoms with Crippen LogP contribution in [0.3, 0.4) is 0 Å². The lowest BCUT2D eigenvalue weighted by Gasteiger charge is -2.32. The van der Waals surface area contributed by atoms with E-state index in [0.717, 1.165) is 49.7 Å². The smallest absolute Gasteiger partial charge is 0.226 e. The Balaban J connectivity index is 0.00000300. The third-order valence-electron chi connectivity index (χ3n) is 5.06. The zero-order valence-electron chi connectivity index (χ0n) is 17.8. The van der Waals surface area contributed by atoms with Gasteiger partial charge in [0.05, 0.1) is 6.54 Å². The first-order chi connectivity index (χ1) is 13.7. The van der Waals surface area contributed by atoms with Gasteiger partial charge in [0.25, 0.3) is 0 Å². The maximum absolute atomic E-state index is 5.64. The molecule has 1 aromatic carbocycles. The van der Waals surface area contributed by atoms with Crippen molar-refractivity contribution in [2.45, 2.75) is 52.6 Å². The highest BCUT2D eigenvalue weighted by Crippen LogP contribution is 2.19. The third kappa shape index (κ3) is 7.29. The van der Waals surface area contributed by atoms with Crippen LogP contribution in [-0.4, -0.2) is 48.1 Å². The van der Waals surface area contributed by atoms with Crippen molar-refractivity contribution >= 4 is 29.9 Å². The fourth-order valence-corrected chi connectivity index (χ4v) is 3.50. The van der Waals surface area contributed by atoms with E-state index in [1.165, 1.54) is 18.5 Å². The Bertz CT molecular complexity index is 751. The lowest BCUT2D eigenvalue weighted by molar-refractivity contribution is 0.206. The molecule has 0 spiro atoms. The topological polar surface area (TPSA) is 65.7 Å². The summed E-state index contributed by atoms with van der Waals surface area (Å²) >= 11 is 0. The van der Waals surface area contributed by atoms with Gasteiger partial charge in [-0.2, -0.15) is 0 Å². The van der Waals surface area contributed by atoms with E-state index in [2.05, 4.69) is 53.4 Å². The summed E-state index contributed by atoms with van der Waals surface area (Å²) in [4.78, 5) is 11.8. The van der Waals surface area contributed by atoms with Gasteiger partial charge >= 0.3 is 0 Å². The summed E-state index contributed by atoms with van der Waals surface area (Å²) in [6, 6.07) is 8.67. The van der Waals surface area contributed by atoms with Gasteiger partial charge in [-0.3, -0.25) is 0 Å². The molecule has 1 aliphatic rings. The Labute approximate surface area is 191 Å². The van der Waals surface area contributed by atoms with Crippen LogP contribution >= 0.6 is 24.0 Å². The number of nitrogens with one attached hydrogen (secondary N) is 2. The number of hydrogen-bond donors (Lipinski definition) is 2. The van der Waals surface area contributed by atoms with Gasteiger partial charge in [-0.15, -0.1) is 24.0 Å². The molecule has 2 aromatic rings. The first kappa shape index (κ1) is 23.7. The van der Waals surface area contributed by atoms with Crippen molar-refractivity contribution in [3.63, 3.8) is 0 Å². The molecule has 1 saturated heterocycles. The van der Waals surface area contributed by atoms with Crippen molar-refractivity contribution in [2.75, 3.05) is 26.2 Å². The number of likely N-dealkylation sites (tertiary alicyclic amines) is 1. The molecular formula is C22H34IN5O. The van der Waals surface area contributed by atoms with E-state index in [9.17, 15) is 0 Å². The normalized spacial score (nSPS) is 15.8. The minimum absolute atomic E-state index is 0. The zero-order chi connectivity index (χ0) is 19.8. The standard InChI is InChI=1S/C22H33N5O.HI/c1-4-12-27-13-10-19(11-14-27)26-22(23-5-2)24-15-20-16-28-21(25-20)18-8-6-17(3)7-9-18;/h6-9,16,19H,4-5,10-15H2,1-3H3,(H2,23,24,26);1H. The Hall–Kier alpha value is -1.61. The number of hydrogen-bond acceptors (Lipinski definition) is 4. The van der Waals surface area contributed by atoms with Gasteiger partial charge < -0.3 is 20.0 Å². The Morgan fingerprint density at radius 2 is 1.93 bits per heavy atom. The number of aromatic nitrogens is 1. The van der Waals surface area contributed by atoms with E-state index in [-0.39, 0.29) is 24.0 Å². The van der Waals surface area contributed by atoms with Gasteiger partial charge in [-0.25, -0.2) is 9.98 Å². The van der Waals surface area contributed by atoms with Crippen LogP contribution in [0.4, 0.5) is 0 Å². The van der Waals surface area contributed by atoms with Crippen LogP contribution < -0.4 is 10.6 Å². The molecule has 0 unspecified atom stereocenters. The van der Waals surface area contributed by atoms with Crippen LogP contribution in [0.1, 0.15) is 44.4 Å². The minimum Gasteiger partial charge on any atom is -0.444 e. The quantitative estimate of drug-likeness (QED) is 0.332. The molecule has 0 radical (unpaired) electrons. The molecule has 3 rings (SSSR count). The summed E-state index contributed by atoms with van der Waals surface area (Å²) in [6.07, 6.45) is 5.24. The molecule has 7 heteroatoms. The van der Waals surface area contributed by atoms with E-state index in [4.69, 9.17) is 9.41 Å². The van der Waals surface area contributed by atoms with E-state index in [1.807, 2.05) is 12.1 Å². The van der Waals surface area contributed by atoms with Crippen LogP contribution in [0, 0.1) is 6.92 Å². The maximum atomic E-state index is 5.64. The fraction of sp³-hybridized carbons (Fsp3) is 0.545. The monoisotopic (exact) mass is 511 g/mol. The van der Waals surface area contributed by atoms with Crippen molar-refractivity contribution in [3.8, 4) is 11.5 Å². The molecule has 29 heavy (non-hydrogen) atoms. The molecule has 1 fully saturated rings. The zero-order valence-corrected chi connectivity index (χ0v) is 20.1. The molecule has 6 nitrogen and oxygen atoms in total. The number of nitrogens with zero attached hydrogens (tertiary/aromatic N) is 3. The molecule has 1 aromatic heterocycles. The van der Waals surface area contributed by atoms with Gasteiger partial charge in [0.2, 0.25) is 5.89 Å². The van der Waals surface area contributed by atoms with Crippen LogP contribution in [0.25, 0.3) is 11.5 Å². The number of aliphatic imine (C=N–C) groups is 1. The Morgan fingerprint density at radius 1 is 1.21 bits per heavy atom. The number of aryl methyl sites for hydroxylation is 1. The van der Waals surface area contributed by atoms with Crippen LogP contribution in [0.2, 0.25) is 0 Å². The highest BCUT2D eigenvalue weighted by Gasteiger charge is 2.19. The molecule has 0 aliphatic carbocycles. The number of guanidine groups is 1. The summed E-state index contributed by atoms with van der Waals surface area (Å²) in [5, 5.41) is 6.94. The van der Waals surface area contributed by atoms with Crippen LogP contribution in [-0.2, 0) is 6.54 Å². The number of rotatable bonds is 7. The largest absolute Gasteiger partial charge is 0.444 e. The first-order valence-electron chi connectivity index (χ1n) is 10.5. The van der Waals surface area contributed by atoms with E-state index >= 15 is 0 Å². The van der Waals surface area contributed by atoms with E-state index in [0.29, 0.717) is 18.5 Å². The lowest BCUT2D eigenvalue weighted by atomic mass is 10.1. The van der Waals surface area contributed by atoms with Crippen molar-refractivity contribution < 1.29 is 4.42 Å². The molecule has 2 heterocycles. The minimum atomic E-state index is 0. The van der Waals surface area contributed by atoms with Crippen LogP contribution in [0.5, 0.6) is 0 Å². The molecule has 2 N–H and O–H groups in total. The third-order valence-corrected chi connectivity index (χ3v) is 5.06. The van der Waals surface area contributed by atoms with Gasteiger partial charge in [0.15, 0.2) is 5.96 Å². The molecular weight excluding hydrogens is 477 g/mol. The number of oxazole rings is 1. The SMILES string of the molecule is CCCN1CCC(NC(=NCc2coc(-c3ccc(C)cc3)n2)NCC)CC1.I. The lowest BCUT2D eigenvalue weighted by Crippen LogP contribution is -2.48. The van der Waals surface area contributed by atoms with Crippen molar-refractivity contribution in [1.29, 1.82) is 0 Å². The van der Waals surface area contributed by atoms with Gasteiger partial charge in [0.1, 0.15) is 12.0 Å². The summed E-state index contributed by atoms with van der Waals surface area (Å²) in [5.74, 6) is 1.50.